The van der Waals surface area contributed by atoms with Gasteiger partial charge in [0, 0.05) is 39.3 Å². The van der Waals surface area contributed by atoms with E-state index in [0.29, 0.717) is 10.0 Å². The minimum atomic E-state index is -0.565. The van der Waals surface area contributed by atoms with Gasteiger partial charge in [0.2, 0.25) is 0 Å². The SMILES string of the molecule is CNC(=O)OCn1c(=O)ccc2ccc(CCCCCN3CCN(c4cccc(Cl)c4Cl)CC3)cc21. The number of carbonyl (C=O) groups is 1. The number of nitrogens with one attached hydrogen (secondary N) is 1. The smallest absolute Gasteiger partial charge is 0.408 e. The average molecular weight is 531 g/mol. The molecule has 1 aliphatic rings. The molecule has 0 aliphatic carbocycles. The number of alkyl carbamates (subject to hydrolysis) is 1. The lowest BCUT2D eigenvalue weighted by molar-refractivity contribution is 0.116. The summed E-state index contributed by atoms with van der Waals surface area (Å²) in [6, 6.07) is 15.3. The van der Waals surface area contributed by atoms with Crippen molar-refractivity contribution in [3.63, 3.8) is 0 Å². The van der Waals surface area contributed by atoms with Crippen LogP contribution >= 0.6 is 23.2 Å². The number of nitrogens with zero attached hydrogens (tertiary/aromatic N) is 3. The second kappa shape index (κ2) is 12.5. The molecule has 0 spiro atoms. The Kier molecular flexibility index (Phi) is 9.13. The Bertz CT molecular complexity index is 1260. The standard InChI is InChI=1S/C27H32Cl2N4O3/c1-30-27(35)36-19-33-24-18-20(9-10-21(24)11-12-25(33)34)6-3-2-4-13-31-14-16-32(17-15-31)23-8-5-7-22(28)26(23)29/h5,7-12,18H,2-4,6,13-17,19H2,1H3,(H,30,35). The van der Waals surface area contributed by atoms with Gasteiger partial charge in [0.15, 0.2) is 6.73 Å². The van der Waals surface area contributed by atoms with Gasteiger partial charge in [-0.05, 0) is 61.0 Å². The highest BCUT2D eigenvalue weighted by Gasteiger charge is 2.19. The lowest BCUT2D eigenvalue weighted by Gasteiger charge is -2.36. The summed E-state index contributed by atoms with van der Waals surface area (Å²) in [6.45, 7) is 4.90. The third-order valence-electron chi connectivity index (χ3n) is 6.67. The van der Waals surface area contributed by atoms with Crippen LogP contribution in [0.15, 0.2) is 53.3 Å². The summed E-state index contributed by atoms with van der Waals surface area (Å²) in [7, 11) is 1.49. The second-order valence-electron chi connectivity index (χ2n) is 9.02. The first-order valence-corrected chi connectivity index (χ1v) is 13.1. The molecule has 9 heteroatoms. The van der Waals surface area contributed by atoms with Gasteiger partial charge in [-0.15, -0.1) is 0 Å². The van der Waals surface area contributed by atoms with Crippen molar-refractivity contribution >= 4 is 45.9 Å². The van der Waals surface area contributed by atoms with Gasteiger partial charge in [-0.3, -0.25) is 14.3 Å². The van der Waals surface area contributed by atoms with E-state index in [1.807, 2.05) is 30.3 Å². The average Bonchev–Trinajstić information content (AvgIpc) is 2.89. The molecule has 4 rings (SSSR count). The zero-order chi connectivity index (χ0) is 25.5. The molecule has 0 radical (unpaired) electrons. The van der Waals surface area contributed by atoms with Crippen LogP contribution in [0.2, 0.25) is 10.0 Å². The molecule has 0 unspecified atom stereocenters. The Labute approximate surface area is 221 Å². The molecular weight excluding hydrogens is 499 g/mol. The molecule has 36 heavy (non-hydrogen) atoms. The monoisotopic (exact) mass is 530 g/mol. The number of benzene rings is 2. The van der Waals surface area contributed by atoms with Gasteiger partial charge >= 0.3 is 6.09 Å². The minimum absolute atomic E-state index is 0.115. The number of aryl methyl sites for hydroxylation is 1. The van der Waals surface area contributed by atoms with Crippen LogP contribution in [0.25, 0.3) is 10.9 Å². The fraction of sp³-hybridized carbons (Fsp3) is 0.407. The molecule has 3 aromatic rings. The van der Waals surface area contributed by atoms with Crippen molar-refractivity contribution in [2.24, 2.45) is 0 Å². The molecule has 0 bridgehead atoms. The second-order valence-corrected chi connectivity index (χ2v) is 9.80. The summed E-state index contributed by atoms with van der Waals surface area (Å²) < 4.78 is 6.60. The van der Waals surface area contributed by atoms with Gasteiger partial charge < -0.3 is 15.0 Å². The van der Waals surface area contributed by atoms with E-state index in [1.54, 1.807) is 6.07 Å². The number of piperazine rings is 1. The quantitative estimate of drug-likeness (QED) is 0.387. The molecular formula is C27H32Cl2N4O3. The molecule has 2 heterocycles. The largest absolute Gasteiger partial charge is 0.428 e. The van der Waals surface area contributed by atoms with Gasteiger partial charge in [0.25, 0.3) is 5.56 Å². The molecule has 0 saturated carbocycles. The first kappa shape index (κ1) is 26.3. The zero-order valence-corrected chi connectivity index (χ0v) is 22.0. The van der Waals surface area contributed by atoms with Crippen LogP contribution in [0, 0.1) is 0 Å². The summed E-state index contributed by atoms with van der Waals surface area (Å²) in [6.07, 6.45) is 3.74. The molecule has 2 aromatic carbocycles. The van der Waals surface area contributed by atoms with Crippen LogP contribution in [0.3, 0.4) is 0 Å². The lowest BCUT2D eigenvalue weighted by atomic mass is 10.0. The third kappa shape index (κ3) is 6.52. The maximum absolute atomic E-state index is 12.4. The van der Waals surface area contributed by atoms with Crippen molar-refractivity contribution in [2.45, 2.75) is 32.4 Å². The van der Waals surface area contributed by atoms with E-state index in [9.17, 15) is 9.59 Å². The van der Waals surface area contributed by atoms with Gasteiger partial charge in [0.05, 0.1) is 21.2 Å². The fourth-order valence-corrected chi connectivity index (χ4v) is 5.02. The van der Waals surface area contributed by atoms with Crippen LogP contribution < -0.4 is 15.8 Å². The summed E-state index contributed by atoms with van der Waals surface area (Å²) in [5.74, 6) is 0. The highest BCUT2D eigenvalue weighted by Crippen LogP contribution is 2.32. The maximum Gasteiger partial charge on any atom is 0.408 e. The third-order valence-corrected chi connectivity index (χ3v) is 7.48. The molecule has 1 aliphatic heterocycles. The number of fused-ring (bicyclic) bond motifs is 1. The summed E-state index contributed by atoms with van der Waals surface area (Å²) in [5.41, 5.74) is 2.78. The molecule has 1 fully saturated rings. The zero-order valence-electron chi connectivity index (χ0n) is 20.5. The number of anilines is 1. The highest BCUT2D eigenvalue weighted by atomic mass is 35.5. The number of ether oxygens (including phenoxy) is 1. The molecule has 1 aromatic heterocycles. The van der Waals surface area contributed by atoms with E-state index >= 15 is 0 Å². The molecule has 1 N–H and O–H groups in total. The number of halogens is 2. The van der Waals surface area contributed by atoms with Crippen molar-refractivity contribution in [1.82, 2.24) is 14.8 Å². The number of unbranched alkanes of at least 4 members (excludes halogenated alkanes) is 2. The van der Waals surface area contributed by atoms with Gasteiger partial charge in [-0.1, -0.05) is 47.8 Å². The van der Waals surface area contributed by atoms with Gasteiger partial charge in [-0.2, -0.15) is 0 Å². The Balaban J connectivity index is 1.23. The normalized spacial score (nSPS) is 14.2. The van der Waals surface area contributed by atoms with Crippen LogP contribution in [0.1, 0.15) is 24.8 Å². The topological polar surface area (TPSA) is 66.8 Å². The Morgan fingerprint density at radius 1 is 1.00 bits per heavy atom. The van der Waals surface area contributed by atoms with Crippen molar-refractivity contribution in [1.29, 1.82) is 0 Å². The number of aromatic nitrogens is 1. The predicted molar refractivity (Wildman–Crippen MR) is 146 cm³/mol. The van der Waals surface area contributed by atoms with Crippen LogP contribution in [0.4, 0.5) is 10.5 Å². The number of hydrogen-bond donors (Lipinski definition) is 1. The Hall–Kier alpha value is -2.74. The van der Waals surface area contributed by atoms with Crippen molar-refractivity contribution in [3.05, 3.63) is 74.5 Å². The maximum atomic E-state index is 12.4. The lowest BCUT2D eigenvalue weighted by Crippen LogP contribution is -2.46. The number of rotatable bonds is 9. The van der Waals surface area contributed by atoms with E-state index in [0.717, 1.165) is 75.0 Å². The first-order valence-electron chi connectivity index (χ1n) is 12.3. The summed E-state index contributed by atoms with van der Waals surface area (Å²) in [5, 5.41) is 4.58. The van der Waals surface area contributed by atoms with Crippen LogP contribution in [0.5, 0.6) is 0 Å². The number of hydrogen-bond acceptors (Lipinski definition) is 5. The fourth-order valence-electron chi connectivity index (χ4n) is 4.61. The molecule has 1 amide bonds. The first-order chi connectivity index (χ1) is 17.5. The van der Waals surface area contributed by atoms with E-state index in [1.165, 1.54) is 23.2 Å². The molecule has 1 saturated heterocycles. The van der Waals surface area contributed by atoms with Crippen LogP contribution in [-0.4, -0.2) is 55.3 Å². The summed E-state index contributed by atoms with van der Waals surface area (Å²) in [4.78, 5) is 28.6. The van der Waals surface area contributed by atoms with E-state index in [4.69, 9.17) is 27.9 Å². The van der Waals surface area contributed by atoms with Gasteiger partial charge in [0.1, 0.15) is 0 Å². The highest BCUT2D eigenvalue weighted by molar-refractivity contribution is 6.43. The van der Waals surface area contributed by atoms with Crippen molar-refractivity contribution in [3.8, 4) is 0 Å². The molecule has 7 nitrogen and oxygen atoms in total. The van der Waals surface area contributed by atoms with Crippen LogP contribution in [-0.2, 0) is 17.9 Å². The predicted octanol–water partition coefficient (Wildman–Crippen LogP) is 5.16. The van der Waals surface area contributed by atoms with Crippen molar-refractivity contribution in [2.75, 3.05) is 44.7 Å². The Morgan fingerprint density at radius 3 is 2.56 bits per heavy atom. The van der Waals surface area contributed by atoms with E-state index in [2.05, 4.69) is 21.2 Å². The van der Waals surface area contributed by atoms with Crippen molar-refractivity contribution < 1.29 is 9.53 Å². The number of pyridine rings is 1. The number of carbonyl (C=O) groups excluding carboxylic acids is 1. The van der Waals surface area contributed by atoms with E-state index in [-0.39, 0.29) is 12.3 Å². The minimum Gasteiger partial charge on any atom is -0.428 e. The van der Waals surface area contributed by atoms with Gasteiger partial charge in [-0.25, -0.2) is 4.79 Å². The Morgan fingerprint density at radius 2 is 1.78 bits per heavy atom. The molecule has 192 valence electrons. The van der Waals surface area contributed by atoms with E-state index < -0.39 is 6.09 Å². The number of amides is 1. The molecule has 0 atom stereocenters. The summed E-state index contributed by atoms with van der Waals surface area (Å²) >= 11 is 12.6.